The normalized spacial score (nSPS) is 14.0. The number of hydrogen-bond acceptors (Lipinski definition) is 2. The van der Waals surface area contributed by atoms with Gasteiger partial charge < -0.3 is 10.2 Å². The lowest BCUT2D eigenvalue weighted by Gasteiger charge is -2.16. The Bertz CT molecular complexity index is 781. The van der Waals surface area contributed by atoms with Crippen LogP contribution in [0, 0.1) is 6.92 Å². The summed E-state index contributed by atoms with van der Waals surface area (Å²) in [5.41, 5.74) is 4.79. The highest BCUT2D eigenvalue weighted by Gasteiger charge is 2.20. The molecule has 1 N–H and O–H groups in total. The van der Waals surface area contributed by atoms with Crippen LogP contribution in [0.5, 0.6) is 0 Å². The summed E-state index contributed by atoms with van der Waals surface area (Å²) < 4.78 is 0. The maximum Gasteiger partial charge on any atom is 0.255 e. The molecule has 3 rings (SSSR count). The van der Waals surface area contributed by atoms with E-state index in [1.807, 2.05) is 54.3 Å². The number of carbonyl (C=O) groups is 2. The SMILES string of the molecule is CCc1cccc(C)c1NC(=O)c1ccc(CN2CCCC2=O)cc1. The van der Waals surface area contributed by atoms with Crippen molar-refractivity contribution in [2.75, 3.05) is 11.9 Å². The second kappa shape index (κ2) is 7.51. The zero-order valence-electron chi connectivity index (χ0n) is 14.8. The standard InChI is InChI=1S/C21H24N2O2/c1-3-17-7-4-6-15(2)20(17)22-21(25)18-11-9-16(10-12-18)14-23-13-5-8-19(23)24/h4,6-7,9-12H,3,5,8,13-14H2,1-2H3,(H,22,25). The van der Waals surface area contributed by atoms with Gasteiger partial charge in [-0.25, -0.2) is 0 Å². The van der Waals surface area contributed by atoms with Crippen LogP contribution < -0.4 is 5.32 Å². The number of amides is 2. The molecule has 2 aromatic carbocycles. The number of rotatable bonds is 5. The van der Waals surface area contributed by atoms with Crippen LogP contribution in [0.4, 0.5) is 5.69 Å². The van der Waals surface area contributed by atoms with Gasteiger partial charge in [-0.1, -0.05) is 37.3 Å². The van der Waals surface area contributed by atoms with Crippen LogP contribution in [-0.4, -0.2) is 23.3 Å². The summed E-state index contributed by atoms with van der Waals surface area (Å²) in [4.78, 5) is 26.1. The van der Waals surface area contributed by atoms with Gasteiger partial charge in [-0.05, 0) is 48.6 Å². The van der Waals surface area contributed by atoms with Gasteiger partial charge in [0.2, 0.25) is 5.91 Å². The number of nitrogens with zero attached hydrogens (tertiary/aromatic N) is 1. The molecule has 0 aliphatic carbocycles. The molecule has 1 heterocycles. The first-order valence-electron chi connectivity index (χ1n) is 8.85. The molecule has 130 valence electrons. The minimum Gasteiger partial charge on any atom is -0.338 e. The van der Waals surface area contributed by atoms with Crippen molar-refractivity contribution in [2.24, 2.45) is 0 Å². The van der Waals surface area contributed by atoms with Crippen molar-refractivity contribution >= 4 is 17.5 Å². The summed E-state index contributed by atoms with van der Waals surface area (Å²) in [6.07, 6.45) is 2.46. The Balaban J connectivity index is 1.70. The number of anilines is 1. The third kappa shape index (κ3) is 3.90. The number of nitrogens with one attached hydrogen (secondary N) is 1. The zero-order valence-corrected chi connectivity index (χ0v) is 14.8. The fourth-order valence-electron chi connectivity index (χ4n) is 3.24. The van der Waals surface area contributed by atoms with E-state index in [1.165, 1.54) is 0 Å². The van der Waals surface area contributed by atoms with Crippen LogP contribution in [0.1, 0.15) is 46.8 Å². The third-order valence-corrected chi connectivity index (χ3v) is 4.74. The van der Waals surface area contributed by atoms with Gasteiger partial charge in [-0.15, -0.1) is 0 Å². The Morgan fingerprint density at radius 1 is 1.16 bits per heavy atom. The van der Waals surface area contributed by atoms with Crippen molar-refractivity contribution in [3.05, 3.63) is 64.7 Å². The Kier molecular flexibility index (Phi) is 5.17. The fraction of sp³-hybridized carbons (Fsp3) is 0.333. The van der Waals surface area contributed by atoms with Crippen LogP contribution in [-0.2, 0) is 17.8 Å². The summed E-state index contributed by atoms with van der Waals surface area (Å²) >= 11 is 0. The van der Waals surface area contributed by atoms with E-state index in [9.17, 15) is 9.59 Å². The van der Waals surface area contributed by atoms with Crippen LogP contribution in [0.25, 0.3) is 0 Å². The molecule has 1 fully saturated rings. The van der Waals surface area contributed by atoms with Crippen molar-refractivity contribution in [3.63, 3.8) is 0 Å². The largest absolute Gasteiger partial charge is 0.338 e. The minimum absolute atomic E-state index is 0.104. The Labute approximate surface area is 148 Å². The predicted molar refractivity (Wildman–Crippen MR) is 99.6 cm³/mol. The van der Waals surface area contributed by atoms with E-state index in [4.69, 9.17) is 0 Å². The van der Waals surface area contributed by atoms with Crippen molar-refractivity contribution in [1.82, 2.24) is 4.90 Å². The van der Waals surface area contributed by atoms with Crippen LogP contribution in [0.2, 0.25) is 0 Å². The van der Waals surface area contributed by atoms with Gasteiger partial charge >= 0.3 is 0 Å². The van der Waals surface area contributed by atoms with E-state index >= 15 is 0 Å². The van der Waals surface area contributed by atoms with E-state index in [-0.39, 0.29) is 11.8 Å². The molecule has 4 heteroatoms. The molecule has 0 unspecified atom stereocenters. The summed E-state index contributed by atoms with van der Waals surface area (Å²) in [7, 11) is 0. The minimum atomic E-state index is -0.104. The quantitative estimate of drug-likeness (QED) is 0.899. The Morgan fingerprint density at radius 3 is 2.56 bits per heavy atom. The van der Waals surface area contributed by atoms with E-state index in [1.54, 1.807) is 0 Å². The molecule has 0 spiro atoms. The van der Waals surface area contributed by atoms with Gasteiger partial charge in [0.25, 0.3) is 5.91 Å². The van der Waals surface area contributed by atoms with Crippen molar-refractivity contribution in [2.45, 2.75) is 39.7 Å². The summed E-state index contributed by atoms with van der Waals surface area (Å²) in [6.45, 7) is 5.54. The molecule has 0 radical (unpaired) electrons. The van der Waals surface area contributed by atoms with Crippen molar-refractivity contribution < 1.29 is 9.59 Å². The second-order valence-corrected chi connectivity index (χ2v) is 6.53. The third-order valence-electron chi connectivity index (χ3n) is 4.74. The number of carbonyl (C=O) groups excluding carboxylic acids is 2. The van der Waals surface area contributed by atoms with E-state index in [0.29, 0.717) is 18.5 Å². The summed E-state index contributed by atoms with van der Waals surface area (Å²) in [6, 6.07) is 13.6. The zero-order chi connectivity index (χ0) is 17.8. The van der Waals surface area contributed by atoms with Crippen LogP contribution in [0.3, 0.4) is 0 Å². The van der Waals surface area contributed by atoms with Gasteiger partial charge in [0.05, 0.1) is 0 Å². The first-order chi connectivity index (χ1) is 12.1. The van der Waals surface area contributed by atoms with Gasteiger partial charge in [0.1, 0.15) is 0 Å². The van der Waals surface area contributed by atoms with Crippen molar-refractivity contribution in [1.29, 1.82) is 0 Å². The maximum atomic E-state index is 12.6. The average molecular weight is 336 g/mol. The first kappa shape index (κ1) is 17.2. The number of para-hydroxylation sites is 1. The maximum absolute atomic E-state index is 12.6. The molecular formula is C21H24N2O2. The van der Waals surface area contributed by atoms with Crippen LogP contribution in [0.15, 0.2) is 42.5 Å². The molecule has 2 aromatic rings. The lowest BCUT2D eigenvalue weighted by molar-refractivity contribution is -0.128. The smallest absolute Gasteiger partial charge is 0.255 e. The van der Waals surface area contributed by atoms with E-state index < -0.39 is 0 Å². The number of likely N-dealkylation sites (tertiary alicyclic amines) is 1. The predicted octanol–water partition coefficient (Wildman–Crippen LogP) is 3.93. The Hall–Kier alpha value is -2.62. The lowest BCUT2D eigenvalue weighted by Crippen LogP contribution is -2.23. The fourth-order valence-corrected chi connectivity index (χ4v) is 3.24. The molecule has 4 nitrogen and oxygen atoms in total. The molecule has 0 aromatic heterocycles. The monoisotopic (exact) mass is 336 g/mol. The van der Waals surface area contributed by atoms with Crippen LogP contribution >= 0.6 is 0 Å². The summed E-state index contributed by atoms with van der Waals surface area (Å²) in [5.74, 6) is 0.112. The highest BCUT2D eigenvalue weighted by Crippen LogP contribution is 2.22. The molecule has 1 aliphatic rings. The van der Waals surface area contributed by atoms with E-state index in [0.717, 1.165) is 41.8 Å². The average Bonchev–Trinajstić information content (AvgIpc) is 3.02. The van der Waals surface area contributed by atoms with E-state index in [2.05, 4.69) is 12.2 Å². The van der Waals surface area contributed by atoms with Gasteiger partial charge in [0.15, 0.2) is 0 Å². The molecule has 1 aliphatic heterocycles. The molecule has 0 bridgehead atoms. The molecule has 2 amide bonds. The van der Waals surface area contributed by atoms with Gasteiger partial charge in [-0.2, -0.15) is 0 Å². The number of hydrogen-bond donors (Lipinski definition) is 1. The molecule has 1 saturated heterocycles. The van der Waals surface area contributed by atoms with Gasteiger partial charge in [-0.3, -0.25) is 9.59 Å². The first-order valence-corrected chi connectivity index (χ1v) is 8.85. The summed E-state index contributed by atoms with van der Waals surface area (Å²) in [5, 5.41) is 3.04. The molecule has 0 saturated carbocycles. The number of aryl methyl sites for hydroxylation is 2. The Morgan fingerprint density at radius 2 is 1.92 bits per heavy atom. The number of benzene rings is 2. The van der Waals surface area contributed by atoms with Gasteiger partial charge in [0, 0.05) is 30.8 Å². The molecule has 25 heavy (non-hydrogen) atoms. The lowest BCUT2D eigenvalue weighted by atomic mass is 10.0. The molecule has 0 atom stereocenters. The highest BCUT2D eigenvalue weighted by atomic mass is 16.2. The second-order valence-electron chi connectivity index (χ2n) is 6.53. The van der Waals surface area contributed by atoms with Crippen molar-refractivity contribution in [3.8, 4) is 0 Å². The topological polar surface area (TPSA) is 49.4 Å². The molecular weight excluding hydrogens is 312 g/mol. The highest BCUT2D eigenvalue weighted by molar-refractivity contribution is 6.05.